The Labute approximate surface area is 103 Å². The van der Waals surface area contributed by atoms with Crippen molar-refractivity contribution in [3.8, 4) is 0 Å². The van der Waals surface area contributed by atoms with Crippen molar-refractivity contribution >= 4 is 11.5 Å². The zero-order chi connectivity index (χ0) is 13.3. The molecule has 2 rings (SSSR count). The highest BCUT2D eigenvalue weighted by atomic mass is 19.2. The van der Waals surface area contributed by atoms with Gasteiger partial charge in [-0.05, 0) is 30.7 Å². The maximum absolute atomic E-state index is 13.5. The number of rotatable bonds is 2. The Morgan fingerprint density at radius 1 is 1.06 bits per heavy atom. The largest absolute Gasteiger partial charge is 0.398 e. The minimum absolute atomic E-state index is 0.277. The lowest BCUT2D eigenvalue weighted by molar-refractivity contribution is 0.103. The maximum atomic E-state index is 13.5. The first-order valence-corrected chi connectivity index (χ1v) is 5.36. The van der Waals surface area contributed by atoms with E-state index in [4.69, 9.17) is 5.73 Å². The van der Waals surface area contributed by atoms with Gasteiger partial charge in [-0.3, -0.25) is 4.79 Å². The number of carbonyl (C=O) groups is 1. The predicted molar refractivity (Wildman–Crippen MR) is 65.4 cm³/mol. The molecule has 0 amide bonds. The fourth-order valence-corrected chi connectivity index (χ4v) is 1.72. The van der Waals surface area contributed by atoms with Crippen LogP contribution in [-0.4, -0.2) is 5.78 Å². The van der Waals surface area contributed by atoms with Crippen LogP contribution in [0.5, 0.6) is 0 Å². The molecule has 0 spiro atoms. The summed E-state index contributed by atoms with van der Waals surface area (Å²) in [5.74, 6) is -2.75. The van der Waals surface area contributed by atoms with Gasteiger partial charge >= 0.3 is 0 Å². The Kier molecular flexibility index (Phi) is 3.10. The Morgan fingerprint density at radius 2 is 1.67 bits per heavy atom. The van der Waals surface area contributed by atoms with Crippen molar-refractivity contribution in [3.05, 3.63) is 64.7 Å². The van der Waals surface area contributed by atoms with Gasteiger partial charge in [-0.15, -0.1) is 0 Å². The van der Waals surface area contributed by atoms with Gasteiger partial charge in [0.15, 0.2) is 17.4 Å². The third kappa shape index (κ3) is 1.97. The van der Waals surface area contributed by atoms with Gasteiger partial charge in [0.05, 0.1) is 5.56 Å². The number of benzene rings is 2. The molecular formula is C14H11F2NO. The monoisotopic (exact) mass is 247 g/mol. The molecule has 0 saturated carbocycles. The molecule has 2 N–H and O–H groups in total. The fourth-order valence-electron chi connectivity index (χ4n) is 1.72. The highest BCUT2D eigenvalue weighted by Crippen LogP contribution is 2.21. The number of anilines is 1. The molecule has 18 heavy (non-hydrogen) atoms. The quantitative estimate of drug-likeness (QED) is 0.654. The average molecular weight is 247 g/mol. The number of carbonyl (C=O) groups excluding carboxylic acids is 1. The van der Waals surface area contributed by atoms with E-state index in [2.05, 4.69) is 0 Å². The SMILES string of the molecule is Cc1c(N)cccc1C(=O)c1cccc(F)c1F. The standard InChI is InChI=1S/C14H11F2NO/c1-8-9(4-3-7-12(8)17)14(18)10-5-2-6-11(15)13(10)16/h2-7H,17H2,1H3. The van der Waals surface area contributed by atoms with Crippen molar-refractivity contribution in [2.75, 3.05) is 5.73 Å². The van der Waals surface area contributed by atoms with Crippen LogP contribution in [0.15, 0.2) is 36.4 Å². The molecule has 0 aliphatic rings. The molecule has 92 valence electrons. The molecule has 0 unspecified atom stereocenters. The van der Waals surface area contributed by atoms with Gasteiger partial charge in [-0.2, -0.15) is 0 Å². The maximum Gasteiger partial charge on any atom is 0.196 e. The van der Waals surface area contributed by atoms with Gasteiger partial charge in [-0.25, -0.2) is 8.78 Å². The average Bonchev–Trinajstić information content (AvgIpc) is 2.35. The van der Waals surface area contributed by atoms with Crippen LogP contribution in [0.25, 0.3) is 0 Å². The van der Waals surface area contributed by atoms with Crippen LogP contribution in [0.2, 0.25) is 0 Å². The number of nitrogens with two attached hydrogens (primary N) is 1. The van der Waals surface area contributed by atoms with E-state index in [0.29, 0.717) is 11.3 Å². The molecule has 0 bridgehead atoms. The van der Waals surface area contributed by atoms with Crippen LogP contribution in [-0.2, 0) is 0 Å². The van der Waals surface area contributed by atoms with Gasteiger partial charge in [0.1, 0.15) is 0 Å². The summed E-state index contributed by atoms with van der Waals surface area (Å²) in [5.41, 5.74) is 6.68. The Morgan fingerprint density at radius 3 is 2.39 bits per heavy atom. The number of hydrogen-bond acceptors (Lipinski definition) is 2. The van der Waals surface area contributed by atoms with Crippen LogP contribution in [0.3, 0.4) is 0 Å². The molecule has 2 aromatic carbocycles. The number of halogens is 2. The predicted octanol–water partition coefficient (Wildman–Crippen LogP) is 3.09. The smallest absolute Gasteiger partial charge is 0.196 e. The van der Waals surface area contributed by atoms with Gasteiger partial charge < -0.3 is 5.73 Å². The molecule has 0 aliphatic heterocycles. The van der Waals surface area contributed by atoms with E-state index in [0.717, 1.165) is 6.07 Å². The molecule has 0 saturated heterocycles. The number of nitrogen functional groups attached to an aromatic ring is 1. The Bertz CT molecular complexity index is 570. The highest BCUT2D eigenvalue weighted by Gasteiger charge is 2.18. The van der Waals surface area contributed by atoms with E-state index in [-0.39, 0.29) is 11.1 Å². The number of hydrogen-bond donors (Lipinski definition) is 1. The molecule has 0 atom stereocenters. The number of ketones is 1. The summed E-state index contributed by atoms with van der Waals surface area (Å²) in [6, 6.07) is 8.31. The molecule has 2 nitrogen and oxygen atoms in total. The van der Waals surface area contributed by atoms with Crippen LogP contribution in [0, 0.1) is 18.6 Å². The van der Waals surface area contributed by atoms with Crippen molar-refractivity contribution in [2.24, 2.45) is 0 Å². The van der Waals surface area contributed by atoms with E-state index < -0.39 is 17.4 Å². The van der Waals surface area contributed by atoms with Crippen LogP contribution in [0.1, 0.15) is 21.5 Å². The zero-order valence-electron chi connectivity index (χ0n) is 9.71. The third-order valence-electron chi connectivity index (χ3n) is 2.82. The summed E-state index contributed by atoms with van der Waals surface area (Å²) in [4.78, 5) is 12.1. The van der Waals surface area contributed by atoms with Gasteiger partial charge in [0.25, 0.3) is 0 Å². The highest BCUT2D eigenvalue weighted by molar-refractivity contribution is 6.10. The normalized spacial score (nSPS) is 10.4. The first-order chi connectivity index (χ1) is 8.52. The van der Waals surface area contributed by atoms with E-state index in [1.165, 1.54) is 12.1 Å². The minimum atomic E-state index is -1.13. The molecule has 4 heteroatoms. The molecule has 0 radical (unpaired) electrons. The zero-order valence-corrected chi connectivity index (χ0v) is 9.71. The molecule has 2 aromatic rings. The lowest BCUT2D eigenvalue weighted by atomic mass is 9.97. The van der Waals surface area contributed by atoms with Crippen molar-refractivity contribution < 1.29 is 13.6 Å². The first kappa shape index (κ1) is 12.2. The van der Waals surface area contributed by atoms with Crippen molar-refractivity contribution in [1.82, 2.24) is 0 Å². The van der Waals surface area contributed by atoms with Crippen molar-refractivity contribution in [3.63, 3.8) is 0 Å². The van der Waals surface area contributed by atoms with Crippen molar-refractivity contribution in [2.45, 2.75) is 6.92 Å². The van der Waals surface area contributed by atoms with Gasteiger partial charge in [0, 0.05) is 11.3 Å². The molecule has 0 heterocycles. The van der Waals surface area contributed by atoms with Gasteiger partial charge in [0.2, 0.25) is 0 Å². The summed E-state index contributed by atoms with van der Waals surface area (Å²) < 4.78 is 26.6. The molecule has 0 fully saturated rings. The second kappa shape index (κ2) is 4.56. The summed E-state index contributed by atoms with van der Waals surface area (Å²) in [6.07, 6.45) is 0. The minimum Gasteiger partial charge on any atom is -0.398 e. The topological polar surface area (TPSA) is 43.1 Å². The fraction of sp³-hybridized carbons (Fsp3) is 0.0714. The van der Waals surface area contributed by atoms with Crippen LogP contribution < -0.4 is 5.73 Å². The van der Waals surface area contributed by atoms with Crippen molar-refractivity contribution in [1.29, 1.82) is 0 Å². The third-order valence-corrected chi connectivity index (χ3v) is 2.82. The van der Waals surface area contributed by atoms with E-state index in [9.17, 15) is 13.6 Å². The second-order valence-electron chi connectivity index (χ2n) is 3.95. The second-order valence-corrected chi connectivity index (χ2v) is 3.95. The lowest BCUT2D eigenvalue weighted by Crippen LogP contribution is -2.08. The van der Waals surface area contributed by atoms with E-state index in [1.54, 1.807) is 25.1 Å². The lowest BCUT2D eigenvalue weighted by Gasteiger charge is -2.08. The van der Waals surface area contributed by atoms with Gasteiger partial charge in [-0.1, -0.05) is 18.2 Å². The Hall–Kier alpha value is -2.23. The summed E-state index contributed by atoms with van der Waals surface area (Å²) in [5, 5.41) is 0. The molecular weight excluding hydrogens is 236 g/mol. The van der Waals surface area contributed by atoms with Crippen LogP contribution >= 0.6 is 0 Å². The van der Waals surface area contributed by atoms with Crippen LogP contribution in [0.4, 0.5) is 14.5 Å². The first-order valence-electron chi connectivity index (χ1n) is 5.36. The summed E-state index contributed by atoms with van der Waals surface area (Å²) >= 11 is 0. The van der Waals surface area contributed by atoms with E-state index >= 15 is 0 Å². The Balaban J connectivity index is 2.55. The summed E-state index contributed by atoms with van der Waals surface area (Å²) in [6.45, 7) is 1.67. The molecule has 0 aliphatic carbocycles. The molecule has 0 aromatic heterocycles. The summed E-state index contributed by atoms with van der Waals surface area (Å²) in [7, 11) is 0. The van der Waals surface area contributed by atoms with E-state index in [1.807, 2.05) is 0 Å².